The van der Waals surface area contributed by atoms with Gasteiger partial charge in [0.05, 0.1) is 11.6 Å². The lowest BCUT2D eigenvalue weighted by molar-refractivity contribution is -0.141. The van der Waals surface area contributed by atoms with Crippen LogP contribution in [-0.2, 0) is 23.9 Å². The number of fused-ring (bicyclic) bond motifs is 1. The average Bonchev–Trinajstić information content (AvgIpc) is 3.37. The van der Waals surface area contributed by atoms with Gasteiger partial charge in [0, 0.05) is 61.4 Å². The van der Waals surface area contributed by atoms with Crippen LogP contribution >= 0.6 is 0 Å². The lowest BCUT2D eigenvalue weighted by Crippen LogP contribution is -2.51. The van der Waals surface area contributed by atoms with E-state index in [1.165, 1.54) is 10.7 Å². The molecule has 2 aromatic carbocycles. The largest absolute Gasteiger partial charge is 0.491 e. The molecule has 12 heteroatoms. The number of halogens is 3. The molecule has 1 aliphatic rings. The Balaban J connectivity index is 1.29. The van der Waals surface area contributed by atoms with Gasteiger partial charge in [-0.3, -0.25) is 19.1 Å². The molecule has 1 fully saturated rings. The van der Waals surface area contributed by atoms with E-state index in [-0.39, 0.29) is 36.6 Å². The minimum Gasteiger partial charge on any atom is -0.491 e. The molecular weight excluding hydrogens is 563 g/mol. The second-order valence-electron chi connectivity index (χ2n) is 10.6. The summed E-state index contributed by atoms with van der Waals surface area (Å²) in [7, 11) is 0. The number of rotatable bonds is 8. The fourth-order valence-corrected chi connectivity index (χ4v) is 4.91. The summed E-state index contributed by atoms with van der Waals surface area (Å²) in [6, 6.07) is 15.6. The molecule has 0 aliphatic carbocycles. The van der Waals surface area contributed by atoms with E-state index in [0.717, 1.165) is 12.1 Å². The number of Topliss-reactive ketones (excluding diaryl/α,β-unsaturated/α-hetero) is 1. The van der Waals surface area contributed by atoms with Crippen LogP contribution in [0.5, 0.6) is 5.75 Å². The number of ketones is 1. The number of amides is 2. The first-order valence-electron chi connectivity index (χ1n) is 13.8. The van der Waals surface area contributed by atoms with Crippen molar-refractivity contribution in [2.45, 2.75) is 39.1 Å². The second kappa shape index (κ2) is 12.2. The van der Waals surface area contributed by atoms with Crippen LogP contribution in [0.15, 0.2) is 66.9 Å². The number of hydrogen-bond donors (Lipinski definition) is 0. The summed E-state index contributed by atoms with van der Waals surface area (Å²) < 4.78 is 46.8. The van der Waals surface area contributed by atoms with E-state index in [1.54, 1.807) is 40.3 Å². The normalized spacial score (nSPS) is 13.9. The SMILES string of the molecule is CC(C)Oc1cc2nn(CC(=O)N3CCN(C(=O)c4ccccc4)CC3)cc2cc1CC(=O)c1cccc(C(F)(F)F)n1. The van der Waals surface area contributed by atoms with E-state index < -0.39 is 17.7 Å². The monoisotopic (exact) mass is 593 g/mol. The van der Waals surface area contributed by atoms with Crippen molar-refractivity contribution in [2.75, 3.05) is 26.2 Å². The summed E-state index contributed by atoms with van der Waals surface area (Å²) in [6.07, 6.45) is -3.46. The van der Waals surface area contributed by atoms with Crippen molar-refractivity contribution < 1.29 is 32.3 Å². The van der Waals surface area contributed by atoms with Gasteiger partial charge in [0.25, 0.3) is 5.91 Å². The molecule has 9 nitrogen and oxygen atoms in total. The predicted octanol–water partition coefficient (Wildman–Crippen LogP) is 4.65. The molecule has 2 amide bonds. The maximum atomic E-state index is 13.1. The predicted molar refractivity (Wildman–Crippen MR) is 152 cm³/mol. The summed E-state index contributed by atoms with van der Waals surface area (Å²) in [6.45, 7) is 5.26. The molecule has 5 rings (SSSR count). The molecule has 2 aromatic heterocycles. The summed E-state index contributed by atoms with van der Waals surface area (Å²) in [4.78, 5) is 45.7. The van der Waals surface area contributed by atoms with Gasteiger partial charge in [-0.05, 0) is 44.2 Å². The molecule has 1 saturated heterocycles. The van der Waals surface area contributed by atoms with E-state index in [1.807, 2.05) is 32.0 Å². The third-order valence-corrected chi connectivity index (χ3v) is 7.01. The van der Waals surface area contributed by atoms with Gasteiger partial charge in [-0.1, -0.05) is 24.3 Å². The Morgan fingerprint density at radius 3 is 2.30 bits per heavy atom. The first-order valence-corrected chi connectivity index (χ1v) is 13.8. The Labute approximate surface area is 245 Å². The Hall–Kier alpha value is -4.74. The van der Waals surface area contributed by atoms with Crippen molar-refractivity contribution in [2.24, 2.45) is 0 Å². The highest BCUT2D eigenvalue weighted by atomic mass is 19.4. The van der Waals surface area contributed by atoms with Gasteiger partial charge in [-0.15, -0.1) is 0 Å². The fourth-order valence-electron chi connectivity index (χ4n) is 4.91. The van der Waals surface area contributed by atoms with Gasteiger partial charge in [0.2, 0.25) is 5.91 Å². The number of ether oxygens (including phenoxy) is 1. The maximum Gasteiger partial charge on any atom is 0.433 e. The number of piperazine rings is 1. The molecule has 3 heterocycles. The lowest BCUT2D eigenvalue weighted by Gasteiger charge is -2.34. The zero-order valence-electron chi connectivity index (χ0n) is 23.7. The number of aromatic nitrogens is 3. The van der Waals surface area contributed by atoms with E-state index in [2.05, 4.69) is 10.1 Å². The fraction of sp³-hybridized carbons (Fsp3) is 0.323. The lowest BCUT2D eigenvalue weighted by atomic mass is 10.0. The second-order valence-corrected chi connectivity index (χ2v) is 10.6. The minimum absolute atomic E-state index is 0.0237. The highest BCUT2D eigenvalue weighted by molar-refractivity contribution is 5.97. The minimum atomic E-state index is -4.67. The van der Waals surface area contributed by atoms with Crippen LogP contribution in [0.25, 0.3) is 10.9 Å². The molecule has 1 aliphatic heterocycles. The molecule has 0 bridgehead atoms. The molecule has 0 radical (unpaired) electrons. The summed E-state index contributed by atoms with van der Waals surface area (Å²) >= 11 is 0. The van der Waals surface area contributed by atoms with Crippen molar-refractivity contribution in [1.29, 1.82) is 0 Å². The summed E-state index contributed by atoms with van der Waals surface area (Å²) in [5.74, 6) is -0.432. The van der Waals surface area contributed by atoms with E-state index in [9.17, 15) is 27.6 Å². The molecular formula is C31H30F3N5O4. The van der Waals surface area contributed by atoms with Crippen molar-refractivity contribution in [3.8, 4) is 5.75 Å². The molecule has 0 N–H and O–H groups in total. The number of carbonyl (C=O) groups excluding carboxylic acids is 3. The Bertz CT molecular complexity index is 1640. The molecule has 0 spiro atoms. The highest BCUT2D eigenvalue weighted by Gasteiger charge is 2.33. The van der Waals surface area contributed by atoms with Gasteiger partial charge in [0.15, 0.2) is 5.78 Å². The van der Waals surface area contributed by atoms with Crippen LogP contribution in [0.4, 0.5) is 13.2 Å². The van der Waals surface area contributed by atoms with E-state index in [0.29, 0.717) is 54.0 Å². The topological polar surface area (TPSA) is 97.6 Å². The number of hydrogen-bond acceptors (Lipinski definition) is 6. The van der Waals surface area contributed by atoms with Gasteiger partial charge in [-0.25, -0.2) is 4.98 Å². The molecule has 4 aromatic rings. The first-order chi connectivity index (χ1) is 20.5. The van der Waals surface area contributed by atoms with Gasteiger partial charge in [0.1, 0.15) is 23.7 Å². The number of pyridine rings is 1. The number of alkyl halides is 3. The van der Waals surface area contributed by atoms with E-state index in [4.69, 9.17) is 4.74 Å². The van der Waals surface area contributed by atoms with Crippen molar-refractivity contribution in [3.05, 3.63) is 89.4 Å². The Morgan fingerprint density at radius 1 is 0.930 bits per heavy atom. The van der Waals surface area contributed by atoms with Crippen LogP contribution in [0.1, 0.15) is 46.0 Å². The molecule has 0 atom stereocenters. The van der Waals surface area contributed by atoms with Crippen LogP contribution in [-0.4, -0.2) is 74.4 Å². The standard InChI is InChI=1S/C31H30F3N5O4/c1-20(2)43-27-17-25-23(15-22(27)16-26(40)24-9-6-10-28(35-24)31(32,33)34)18-39(36-25)19-29(41)37-11-13-38(14-12-37)30(42)21-7-4-3-5-8-21/h3-10,15,17-18,20H,11-14,16,19H2,1-2H3. The third kappa shape index (κ3) is 7.02. The van der Waals surface area contributed by atoms with E-state index >= 15 is 0 Å². The van der Waals surface area contributed by atoms with Gasteiger partial charge in [-0.2, -0.15) is 18.3 Å². The Morgan fingerprint density at radius 2 is 1.63 bits per heavy atom. The van der Waals surface area contributed by atoms with Gasteiger partial charge < -0.3 is 14.5 Å². The molecule has 0 saturated carbocycles. The number of carbonyl (C=O) groups is 3. The van der Waals surface area contributed by atoms with Crippen molar-refractivity contribution in [3.63, 3.8) is 0 Å². The van der Waals surface area contributed by atoms with Gasteiger partial charge >= 0.3 is 6.18 Å². The summed E-state index contributed by atoms with van der Waals surface area (Å²) in [5.41, 5.74) is 0.184. The highest BCUT2D eigenvalue weighted by Crippen LogP contribution is 2.30. The van der Waals surface area contributed by atoms with Crippen molar-refractivity contribution >= 4 is 28.5 Å². The van der Waals surface area contributed by atoms with Crippen LogP contribution in [0, 0.1) is 0 Å². The zero-order chi connectivity index (χ0) is 30.7. The van der Waals surface area contributed by atoms with Crippen LogP contribution in [0.2, 0.25) is 0 Å². The van der Waals surface area contributed by atoms with Crippen LogP contribution in [0.3, 0.4) is 0 Å². The Kier molecular flexibility index (Phi) is 8.47. The maximum absolute atomic E-state index is 13.1. The van der Waals surface area contributed by atoms with Crippen LogP contribution < -0.4 is 4.74 Å². The zero-order valence-corrected chi connectivity index (χ0v) is 23.7. The van der Waals surface area contributed by atoms with Crippen molar-refractivity contribution in [1.82, 2.24) is 24.6 Å². The quantitative estimate of drug-likeness (QED) is 0.276. The smallest absolute Gasteiger partial charge is 0.433 e. The molecule has 43 heavy (non-hydrogen) atoms. The third-order valence-electron chi connectivity index (χ3n) is 7.01. The number of nitrogens with zero attached hydrogens (tertiary/aromatic N) is 5. The number of benzene rings is 2. The first kappa shape index (κ1) is 29.7. The summed E-state index contributed by atoms with van der Waals surface area (Å²) in [5, 5.41) is 5.16. The average molecular weight is 594 g/mol. The molecule has 224 valence electrons. The molecule has 0 unspecified atom stereocenters.